The van der Waals surface area contributed by atoms with Crippen molar-refractivity contribution in [1.82, 2.24) is 0 Å². The number of carbonyl (C=O) groups is 1. The lowest BCUT2D eigenvalue weighted by Crippen LogP contribution is -2.27. The van der Waals surface area contributed by atoms with Gasteiger partial charge in [0.2, 0.25) is 0 Å². The van der Waals surface area contributed by atoms with Gasteiger partial charge >= 0.3 is 5.97 Å². The monoisotopic (exact) mass is 218 g/mol. The molecule has 1 aromatic carbocycles. The van der Waals surface area contributed by atoms with Gasteiger partial charge in [0.25, 0.3) is 0 Å². The number of benzene rings is 1. The molecule has 2 unspecified atom stereocenters. The first-order valence-electron chi connectivity index (χ1n) is 5.81. The summed E-state index contributed by atoms with van der Waals surface area (Å²) in [6.45, 7) is 6.71. The quantitative estimate of drug-likeness (QED) is 0.677. The molecule has 0 bridgehead atoms. The molecule has 0 saturated carbocycles. The molecular formula is C14H18O2. The molecule has 1 heterocycles. The van der Waals surface area contributed by atoms with Crippen LogP contribution in [0.25, 0.3) is 0 Å². The van der Waals surface area contributed by atoms with Gasteiger partial charge in [-0.15, -0.1) is 0 Å². The van der Waals surface area contributed by atoms with Gasteiger partial charge in [-0.1, -0.05) is 25.1 Å². The average Bonchev–Trinajstić information content (AvgIpc) is 2.26. The zero-order valence-corrected chi connectivity index (χ0v) is 10.1. The topological polar surface area (TPSA) is 26.3 Å². The summed E-state index contributed by atoms with van der Waals surface area (Å²) in [4.78, 5) is 11.3. The van der Waals surface area contributed by atoms with Gasteiger partial charge in [-0.05, 0) is 37.0 Å². The van der Waals surface area contributed by atoms with Crippen molar-refractivity contribution in [3.63, 3.8) is 0 Å². The fraction of sp³-hybridized carbons (Fsp3) is 0.500. The van der Waals surface area contributed by atoms with Gasteiger partial charge in [-0.25, -0.2) is 0 Å². The molecule has 0 aliphatic carbocycles. The summed E-state index contributed by atoms with van der Waals surface area (Å²) >= 11 is 0. The standard InChI is InChI=1S/C14H18O2/c1-9-4-5-12(6-10(9)2)13-7-11(3)14(15)16-8-13/h4-6,11,13H,7-8H2,1-3H3. The number of rotatable bonds is 1. The van der Waals surface area contributed by atoms with Crippen molar-refractivity contribution in [2.45, 2.75) is 33.1 Å². The number of cyclic esters (lactones) is 1. The Kier molecular flexibility index (Phi) is 2.99. The van der Waals surface area contributed by atoms with E-state index in [0.717, 1.165) is 6.42 Å². The second-order valence-corrected chi connectivity index (χ2v) is 4.81. The molecule has 0 aromatic heterocycles. The number of esters is 1. The molecule has 2 atom stereocenters. The summed E-state index contributed by atoms with van der Waals surface area (Å²) in [6.07, 6.45) is 0.904. The van der Waals surface area contributed by atoms with Gasteiger partial charge in [0.15, 0.2) is 0 Å². The minimum absolute atomic E-state index is 0.0281. The van der Waals surface area contributed by atoms with Crippen molar-refractivity contribution in [1.29, 1.82) is 0 Å². The van der Waals surface area contributed by atoms with E-state index in [2.05, 4.69) is 32.0 Å². The maximum atomic E-state index is 11.3. The van der Waals surface area contributed by atoms with E-state index in [0.29, 0.717) is 12.5 Å². The van der Waals surface area contributed by atoms with Crippen LogP contribution in [0, 0.1) is 19.8 Å². The van der Waals surface area contributed by atoms with Crippen LogP contribution in [0.15, 0.2) is 18.2 Å². The molecule has 1 aliphatic rings. The highest BCUT2D eigenvalue weighted by Gasteiger charge is 2.27. The number of hydrogen-bond donors (Lipinski definition) is 0. The maximum absolute atomic E-state index is 11.3. The van der Waals surface area contributed by atoms with Crippen LogP contribution in [0.3, 0.4) is 0 Å². The normalized spacial score (nSPS) is 25.3. The minimum atomic E-state index is -0.0555. The summed E-state index contributed by atoms with van der Waals surface area (Å²) < 4.78 is 5.19. The number of ether oxygens (including phenoxy) is 1. The van der Waals surface area contributed by atoms with Gasteiger partial charge in [0, 0.05) is 5.92 Å². The van der Waals surface area contributed by atoms with Crippen molar-refractivity contribution in [2.75, 3.05) is 6.61 Å². The Morgan fingerprint density at radius 2 is 2.00 bits per heavy atom. The Hall–Kier alpha value is -1.31. The summed E-state index contributed by atoms with van der Waals surface area (Å²) in [5, 5.41) is 0. The van der Waals surface area contributed by atoms with Crippen LogP contribution in [0.4, 0.5) is 0 Å². The van der Waals surface area contributed by atoms with Crippen molar-refractivity contribution in [3.8, 4) is 0 Å². The van der Waals surface area contributed by atoms with E-state index >= 15 is 0 Å². The lowest BCUT2D eigenvalue weighted by Gasteiger charge is -2.26. The van der Waals surface area contributed by atoms with E-state index in [9.17, 15) is 4.79 Å². The Morgan fingerprint density at radius 3 is 2.62 bits per heavy atom. The SMILES string of the molecule is Cc1ccc(C2COC(=O)C(C)C2)cc1C. The van der Waals surface area contributed by atoms with Gasteiger partial charge in [-0.2, -0.15) is 0 Å². The second kappa shape index (κ2) is 4.28. The van der Waals surface area contributed by atoms with Gasteiger partial charge in [0.05, 0.1) is 12.5 Å². The zero-order valence-electron chi connectivity index (χ0n) is 10.1. The van der Waals surface area contributed by atoms with Gasteiger partial charge in [-0.3, -0.25) is 4.79 Å². The first-order valence-corrected chi connectivity index (χ1v) is 5.81. The first-order chi connectivity index (χ1) is 7.58. The number of aryl methyl sites for hydroxylation is 2. The third-order valence-electron chi connectivity index (χ3n) is 3.47. The fourth-order valence-electron chi connectivity index (χ4n) is 2.17. The molecule has 1 aromatic rings. The van der Waals surface area contributed by atoms with Crippen LogP contribution in [-0.4, -0.2) is 12.6 Å². The first kappa shape index (κ1) is 11.2. The van der Waals surface area contributed by atoms with E-state index in [-0.39, 0.29) is 11.9 Å². The van der Waals surface area contributed by atoms with Crippen LogP contribution in [0.5, 0.6) is 0 Å². The highest BCUT2D eigenvalue weighted by Crippen LogP contribution is 2.30. The van der Waals surface area contributed by atoms with Crippen LogP contribution in [-0.2, 0) is 9.53 Å². The van der Waals surface area contributed by atoms with E-state index in [1.54, 1.807) is 0 Å². The van der Waals surface area contributed by atoms with Gasteiger partial charge in [0.1, 0.15) is 0 Å². The predicted molar refractivity (Wildman–Crippen MR) is 63.4 cm³/mol. The Morgan fingerprint density at radius 1 is 1.25 bits per heavy atom. The molecule has 0 radical (unpaired) electrons. The summed E-state index contributed by atoms with van der Waals surface area (Å²) in [5.74, 6) is 0.340. The largest absolute Gasteiger partial charge is 0.465 e. The van der Waals surface area contributed by atoms with Crippen molar-refractivity contribution < 1.29 is 9.53 Å². The number of carbonyl (C=O) groups excluding carboxylic acids is 1. The summed E-state index contributed by atoms with van der Waals surface area (Å²) in [6, 6.07) is 6.51. The predicted octanol–water partition coefficient (Wildman–Crippen LogP) is 2.97. The van der Waals surface area contributed by atoms with E-state index in [1.807, 2.05) is 6.92 Å². The molecule has 0 spiro atoms. The van der Waals surface area contributed by atoms with Crippen LogP contribution in [0.1, 0.15) is 36.0 Å². The average molecular weight is 218 g/mol. The number of hydrogen-bond acceptors (Lipinski definition) is 2. The lowest BCUT2D eigenvalue weighted by atomic mass is 9.87. The molecule has 0 N–H and O–H groups in total. The molecule has 1 aliphatic heterocycles. The molecule has 1 fully saturated rings. The molecule has 2 nitrogen and oxygen atoms in total. The van der Waals surface area contributed by atoms with Gasteiger partial charge < -0.3 is 4.74 Å². The van der Waals surface area contributed by atoms with Crippen molar-refractivity contribution >= 4 is 5.97 Å². The molecule has 2 heteroatoms. The summed E-state index contributed by atoms with van der Waals surface area (Å²) in [5.41, 5.74) is 3.91. The Labute approximate surface area is 96.6 Å². The van der Waals surface area contributed by atoms with Crippen LogP contribution in [0.2, 0.25) is 0 Å². The maximum Gasteiger partial charge on any atom is 0.308 e. The minimum Gasteiger partial charge on any atom is -0.465 e. The van der Waals surface area contributed by atoms with Crippen molar-refractivity contribution in [3.05, 3.63) is 34.9 Å². The van der Waals surface area contributed by atoms with Crippen LogP contribution < -0.4 is 0 Å². The zero-order chi connectivity index (χ0) is 11.7. The molecule has 1 saturated heterocycles. The second-order valence-electron chi connectivity index (χ2n) is 4.81. The Balaban J connectivity index is 2.18. The Bertz CT molecular complexity index is 409. The van der Waals surface area contributed by atoms with E-state index < -0.39 is 0 Å². The smallest absolute Gasteiger partial charge is 0.308 e. The highest BCUT2D eigenvalue weighted by molar-refractivity contribution is 5.73. The highest BCUT2D eigenvalue weighted by atomic mass is 16.5. The molecule has 2 rings (SSSR count). The van der Waals surface area contributed by atoms with Crippen LogP contribution >= 0.6 is 0 Å². The summed E-state index contributed by atoms with van der Waals surface area (Å²) in [7, 11) is 0. The molecule has 16 heavy (non-hydrogen) atoms. The fourth-order valence-corrected chi connectivity index (χ4v) is 2.17. The third kappa shape index (κ3) is 2.11. The third-order valence-corrected chi connectivity index (χ3v) is 3.47. The lowest BCUT2D eigenvalue weighted by molar-refractivity contribution is -0.153. The molecular weight excluding hydrogens is 200 g/mol. The molecule has 0 amide bonds. The van der Waals surface area contributed by atoms with E-state index in [1.165, 1.54) is 16.7 Å². The van der Waals surface area contributed by atoms with Crippen molar-refractivity contribution in [2.24, 2.45) is 5.92 Å². The molecule has 86 valence electrons. The van der Waals surface area contributed by atoms with E-state index in [4.69, 9.17) is 4.74 Å².